The van der Waals surface area contributed by atoms with Gasteiger partial charge in [0.1, 0.15) is 0 Å². The van der Waals surface area contributed by atoms with Gasteiger partial charge in [-0.2, -0.15) is 13.2 Å². The highest BCUT2D eigenvalue weighted by Gasteiger charge is 2.30. The minimum Gasteiger partial charge on any atom is -0.344 e. The van der Waals surface area contributed by atoms with E-state index in [1.54, 1.807) is 31.3 Å². The van der Waals surface area contributed by atoms with Crippen LogP contribution < -0.4 is 10.6 Å². The third-order valence-electron chi connectivity index (χ3n) is 3.94. The molecule has 160 valence electrons. The van der Waals surface area contributed by atoms with E-state index in [0.717, 1.165) is 12.1 Å². The predicted octanol–water partition coefficient (Wildman–Crippen LogP) is 2.72. The third-order valence-corrected chi connectivity index (χ3v) is 3.94. The lowest BCUT2D eigenvalue weighted by molar-refractivity contribution is -0.137. The summed E-state index contributed by atoms with van der Waals surface area (Å²) in [4.78, 5) is 25.5. The van der Waals surface area contributed by atoms with Crippen LogP contribution in [0.2, 0.25) is 0 Å². The highest BCUT2D eigenvalue weighted by molar-refractivity contribution is 5.92. The van der Waals surface area contributed by atoms with Gasteiger partial charge in [-0.25, -0.2) is 0 Å². The van der Waals surface area contributed by atoms with Crippen molar-refractivity contribution in [3.8, 4) is 24.2 Å². The van der Waals surface area contributed by atoms with E-state index in [0.29, 0.717) is 11.3 Å². The largest absolute Gasteiger partial charge is 0.416 e. The van der Waals surface area contributed by atoms with Gasteiger partial charge >= 0.3 is 6.18 Å². The normalized spacial score (nSPS) is 10.6. The molecule has 0 heterocycles. The Balaban J connectivity index is 1.77. The van der Waals surface area contributed by atoms with E-state index >= 15 is 0 Å². The molecule has 31 heavy (non-hydrogen) atoms. The molecule has 2 N–H and O–H groups in total. The maximum absolute atomic E-state index is 12.7. The Labute approximate surface area is 178 Å². The van der Waals surface area contributed by atoms with Gasteiger partial charge in [-0.05, 0) is 43.4 Å². The fourth-order valence-electron chi connectivity index (χ4n) is 2.55. The van der Waals surface area contributed by atoms with Gasteiger partial charge < -0.3 is 10.6 Å². The van der Waals surface area contributed by atoms with Crippen molar-refractivity contribution in [3.05, 3.63) is 65.2 Å². The second-order valence-corrected chi connectivity index (χ2v) is 6.60. The maximum atomic E-state index is 12.7. The van der Waals surface area contributed by atoms with E-state index in [4.69, 9.17) is 6.42 Å². The Hall–Kier alpha value is -3.75. The molecule has 0 unspecified atom stereocenters. The smallest absolute Gasteiger partial charge is 0.344 e. The maximum Gasteiger partial charge on any atom is 0.416 e. The van der Waals surface area contributed by atoms with E-state index in [9.17, 15) is 22.8 Å². The second kappa shape index (κ2) is 10.9. The first-order chi connectivity index (χ1) is 14.7. The first-order valence-corrected chi connectivity index (χ1v) is 9.15. The van der Waals surface area contributed by atoms with Crippen molar-refractivity contribution in [2.75, 3.05) is 32.0 Å². The number of amides is 2. The number of terminal acetylenes is 1. The summed E-state index contributed by atoms with van der Waals surface area (Å²) in [6.45, 7) is -0.110. The van der Waals surface area contributed by atoms with Gasteiger partial charge in [0.2, 0.25) is 11.8 Å². The van der Waals surface area contributed by atoms with E-state index < -0.39 is 11.7 Å². The van der Waals surface area contributed by atoms with Gasteiger partial charge in [0.15, 0.2) is 0 Å². The zero-order chi connectivity index (χ0) is 22.9. The van der Waals surface area contributed by atoms with E-state index in [1.165, 1.54) is 17.0 Å². The molecule has 0 aliphatic carbocycles. The summed E-state index contributed by atoms with van der Waals surface area (Å²) in [6, 6.07) is 11.5. The van der Waals surface area contributed by atoms with Crippen LogP contribution in [0.3, 0.4) is 0 Å². The van der Waals surface area contributed by atoms with Crippen LogP contribution in [-0.2, 0) is 15.8 Å². The first kappa shape index (κ1) is 23.5. The molecule has 0 aliphatic rings. The predicted molar refractivity (Wildman–Crippen MR) is 112 cm³/mol. The summed E-state index contributed by atoms with van der Waals surface area (Å²) in [7, 11) is 1.60. The van der Waals surface area contributed by atoms with Crippen LogP contribution in [0, 0.1) is 24.2 Å². The zero-order valence-corrected chi connectivity index (χ0v) is 16.7. The average molecular weight is 427 g/mol. The number of hydrogen-bond acceptors (Lipinski definition) is 3. The minimum absolute atomic E-state index is 0.0242. The average Bonchev–Trinajstić information content (AvgIpc) is 2.70. The monoisotopic (exact) mass is 427 g/mol. The summed E-state index contributed by atoms with van der Waals surface area (Å²) in [5, 5.41) is 5.23. The number of benzene rings is 2. The molecule has 0 aromatic heterocycles. The SMILES string of the molecule is C#Cc1cccc(NC(=O)CN(C)CC(=O)NCC#Cc2cccc(C(F)(F)F)c2)c1. The lowest BCUT2D eigenvalue weighted by atomic mass is 10.1. The highest BCUT2D eigenvalue weighted by Crippen LogP contribution is 2.29. The summed E-state index contributed by atoms with van der Waals surface area (Å²) in [5.74, 6) is 6.98. The lowest BCUT2D eigenvalue weighted by Gasteiger charge is -2.15. The molecule has 0 bridgehead atoms. The minimum atomic E-state index is -4.44. The van der Waals surface area contributed by atoms with Gasteiger partial charge in [-0.3, -0.25) is 14.5 Å². The van der Waals surface area contributed by atoms with Crippen LogP contribution in [0.1, 0.15) is 16.7 Å². The fourth-order valence-corrected chi connectivity index (χ4v) is 2.55. The molecule has 2 aromatic rings. The molecule has 0 spiro atoms. The molecule has 0 atom stereocenters. The zero-order valence-electron chi connectivity index (χ0n) is 16.7. The number of anilines is 1. The molecular weight excluding hydrogens is 407 g/mol. The summed E-state index contributed by atoms with van der Waals surface area (Å²) in [6.07, 6.45) is 0.884. The van der Waals surface area contributed by atoms with Crippen molar-refractivity contribution >= 4 is 17.5 Å². The molecular formula is C23H20F3N3O2. The van der Waals surface area contributed by atoms with Crippen LogP contribution in [0.15, 0.2) is 48.5 Å². The molecule has 2 amide bonds. The topological polar surface area (TPSA) is 61.4 Å². The third kappa shape index (κ3) is 8.25. The number of nitrogens with zero attached hydrogens (tertiary/aromatic N) is 1. The number of halogens is 3. The Kier molecular flexibility index (Phi) is 8.25. The summed E-state index contributed by atoms with van der Waals surface area (Å²) in [5.41, 5.74) is 0.612. The molecule has 2 rings (SSSR count). The molecule has 0 saturated heterocycles. The number of carbonyl (C=O) groups is 2. The molecule has 0 fully saturated rings. The number of carbonyl (C=O) groups excluding carboxylic acids is 2. The number of alkyl halides is 3. The van der Waals surface area contributed by atoms with Crippen molar-refractivity contribution in [2.45, 2.75) is 6.18 Å². The number of likely N-dealkylation sites (N-methyl/N-ethyl adjacent to an activating group) is 1. The summed E-state index contributed by atoms with van der Waals surface area (Å²) < 4.78 is 38.1. The van der Waals surface area contributed by atoms with Crippen molar-refractivity contribution in [2.24, 2.45) is 0 Å². The second-order valence-electron chi connectivity index (χ2n) is 6.60. The Bertz CT molecular complexity index is 1050. The van der Waals surface area contributed by atoms with Crippen molar-refractivity contribution in [1.29, 1.82) is 0 Å². The quantitative estimate of drug-likeness (QED) is 0.697. The number of rotatable bonds is 6. The lowest BCUT2D eigenvalue weighted by Crippen LogP contribution is -2.39. The Morgan fingerprint density at radius 1 is 1.03 bits per heavy atom. The van der Waals surface area contributed by atoms with Gasteiger partial charge in [-0.15, -0.1) is 6.42 Å². The van der Waals surface area contributed by atoms with Gasteiger partial charge in [0.25, 0.3) is 0 Å². The number of hydrogen-bond donors (Lipinski definition) is 2. The van der Waals surface area contributed by atoms with Crippen molar-refractivity contribution in [3.63, 3.8) is 0 Å². The van der Waals surface area contributed by atoms with Gasteiger partial charge in [0.05, 0.1) is 25.2 Å². The van der Waals surface area contributed by atoms with Gasteiger partial charge in [-0.1, -0.05) is 29.9 Å². The Morgan fingerprint density at radius 2 is 1.71 bits per heavy atom. The molecule has 8 heteroatoms. The van der Waals surface area contributed by atoms with Crippen LogP contribution in [-0.4, -0.2) is 43.4 Å². The first-order valence-electron chi connectivity index (χ1n) is 9.15. The van der Waals surface area contributed by atoms with E-state index in [-0.39, 0.29) is 37.0 Å². The van der Waals surface area contributed by atoms with Crippen LogP contribution >= 0.6 is 0 Å². The number of nitrogens with one attached hydrogen (secondary N) is 2. The van der Waals surface area contributed by atoms with Crippen molar-refractivity contribution < 1.29 is 22.8 Å². The molecule has 0 aliphatic heterocycles. The van der Waals surface area contributed by atoms with Crippen LogP contribution in [0.25, 0.3) is 0 Å². The van der Waals surface area contributed by atoms with E-state index in [1.807, 2.05) is 0 Å². The fraction of sp³-hybridized carbons (Fsp3) is 0.217. The van der Waals surface area contributed by atoms with Crippen molar-refractivity contribution in [1.82, 2.24) is 10.2 Å². The molecule has 0 saturated carbocycles. The standard InChI is InChI=1S/C23H20F3N3O2/c1-3-17-7-5-11-20(14-17)28-22(31)16-29(2)15-21(30)27-12-6-9-18-8-4-10-19(13-18)23(24,25)26/h1,4-5,7-8,10-11,13-14H,12,15-16H2,2H3,(H,27,30)(H,28,31). The van der Waals surface area contributed by atoms with E-state index in [2.05, 4.69) is 28.4 Å². The molecule has 5 nitrogen and oxygen atoms in total. The summed E-state index contributed by atoms with van der Waals surface area (Å²) >= 11 is 0. The Morgan fingerprint density at radius 3 is 2.42 bits per heavy atom. The van der Waals surface area contributed by atoms with Crippen LogP contribution in [0.4, 0.5) is 18.9 Å². The molecule has 2 aromatic carbocycles. The van der Waals surface area contributed by atoms with Crippen LogP contribution in [0.5, 0.6) is 0 Å². The van der Waals surface area contributed by atoms with Gasteiger partial charge in [0, 0.05) is 16.8 Å². The highest BCUT2D eigenvalue weighted by atomic mass is 19.4. The molecule has 0 radical (unpaired) electrons.